The van der Waals surface area contributed by atoms with Gasteiger partial charge in [0.2, 0.25) is 0 Å². The maximum Gasteiger partial charge on any atom is 0.258 e. The van der Waals surface area contributed by atoms with Crippen molar-refractivity contribution in [1.29, 1.82) is 0 Å². The van der Waals surface area contributed by atoms with Crippen molar-refractivity contribution in [2.45, 2.75) is 42.5 Å². The first-order chi connectivity index (χ1) is 14.6. The van der Waals surface area contributed by atoms with E-state index < -0.39 is 0 Å². The number of ether oxygens (including phenoxy) is 1. The Balaban J connectivity index is 1.40. The molecule has 6 nitrogen and oxygen atoms in total. The highest BCUT2D eigenvalue weighted by Gasteiger charge is 2.23. The van der Waals surface area contributed by atoms with Gasteiger partial charge in [-0.25, -0.2) is 0 Å². The number of amides is 1. The smallest absolute Gasteiger partial charge is 0.258 e. The summed E-state index contributed by atoms with van der Waals surface area (Å²) in [6, 6.07) is 18.5. The molecule has 1 aliphatic carbocycles. The van der Waals surface area contributed by atoms with Crippen LogP contribution < -0.4 is 20.7 Å². The lowest BCUT2D eigenvalue weighted by Gasteiger charge is -2.16. The second-order valence-electron chi connectivity index (χ2n) is 7.33. The van der Waals surface area contributed by atoms with E-state index in [9.17, 15) is 4.79 Å². The van der Waals surface area contributed by atoms with E-state index >= 15 is 0 Å². The van der Waals surface area contributed by atoms with Crippen LogP contribution >= 0.6 is 11.8 Å². The van der Waals surface area contributed by atoms with Crippen LogP contribution in [-0.4, -0.2) is 43.4 Å². The minimum Gasteiger partial charge on any atom is -0.484 e. The van der Waals surface area contributed by atoms with Crippen LogP contribution in [0.4, 0.5) is 0 Å². The number of guanidine groups is 1. The molecule has 2 aromatic carbocycles. The lowest BCUT2D eigenvalue weighted by atomic mass is 10.2. The lowest BCUT2D eigenvalue weighted by Crippen LogP contribution is -2.39. The van der Waals surface area contributed by atoms with Crippen LogP contribution in [0.5, 0.6) is 5.75 Å². The summed E-state index contributed by atoms with van der Waals surface area (Å²) in [4.78, 5) is 17.3. The third-order valence-electron chi connectivity index (χ3n) is 4.53. The molecule has 0 heterocycles. The zero-order valence-corrected chi connectivity index (χ0v) is 18.4. The normalized spacial score (nSPS) is 14.7. The van der Waals surface area contributed by atoms with Gasteiger partial charge in [0.25, 0.3) is 5.91 Å². The van der Waals surface area contributed by atoms with Gasteiger partial charge in [-0.2, -0.15) is 0 Å². The fraction of sp³-hybridized carbons (Fsp3) is 0.391. The van der Waals surface area contributed by atoms with E-state index in [1.54, 1.807) is 7.05 Å². The summed E-state index contributed by atoms with van der Waals surface area (Å²) >= 11 is 1.83. The summed E-state index contributed by atoms with van der Waals surface area (Å²) in [5.74, 6) is 1.38. The number of rotatable bonds is 10. The van der Waals surface area contributed by atoms with E-state index in [4.69, 9.17) is 4.74 Å². The second kappa shape index (κ2) is 11.5. The molecule has 1 amide bonds. The highest BCUT2D eigenvalue weighted by Crippen LogP contribution is 2.22. The number of hydrogen-bond acceptors (Lipinski definition) is 4. The number of benzene rings is 2. The highest BCUT2D eigenvalue weighted by molar-refractivity contribution is 8.00. The number of aliphatic imine (C=N–C) groups is 1. The molecule has 1 unspecified atom stereocenters. The highest BCUT2D eigenvalue weighted by atomic mass is 32.2. The standard InChI is InChI=1S/C23H30N4O2S/c1-17(30-21-9-4-3-5-10-21)14-25-23(24-2)26-15-18-7-6-8-20(13-18)29-16-22(28)27-19-11-12-19/h3-10,13,17,19H,11-12,14-16H2,1-2H3,(H,27,28)(H2,24,25,26). The van der Waals surface area contributed by atoms with Gasteiger partial charge >= 0.3 is 0 Å². The molecule has 7 heteroatoms. The predicted molar refractivity (Wildman–Crippen MR) is 123 cm³/mol. The van der Waals surface area contributed by atoms with Gasteiger partial charge in [0.05, 0.1) is 0 Å². The van der Waals surface area contributed by atoms with Crippen LogP contribution in [0.1, 0.15) is 25.3 Å². The molecule has 2 aromatic rings. The SMILES string of the molecule is CN=C(NCc1cccc(OCC(=O)NC2CC2)c1)NCC(C)Sc1ccccc1. The molecule has 0 spiro atoms. The van der Waals surface area contributed by atoms with Crippen LogP contribution in [0, 0.1) is 0 Å². The van der Waals surface area contributed by atoms with E-state index in [-0.39, 0.29) is 12.5 Å². The third-order valence-corrected chi connectivity index (χ3v) is 5.65. The summed E-state index contributed by atoms with van der Waals surface area (Å²) in [6.45, 7) is 3.66. The molecule has 1 saturated carbocycles. The van der Waals surface area contributed by atoms with Crippen LogP contribution in [0.3, 0.4) is 0 Å². The molecule has 0 saturated heterocycles. The predicted octanol–water partition coefficient (Wildman–Crippen LogP) is 3.19. The molecule has 1 atom stereocenters. The number of nitrogens with one attached hydrogen (secondary N) is 3. The summed E-state index contributed by atoms with van der Waals surface area (Å²) in [5, 5.41) is 10.0. The Bertz CT molecular complexity index is 840. The van der Waals surface area contributed by atoms with Crippen molar-refractivity contribution in [3.8, 4) is 5.75 Å². The summed E-state index contributed by atoms with van der Waals surface area (Å²) in [6.07, 6.45) is 2.15. The quantitative estimate of drug-likeness (QED) is 0.309. The Kier molecular flexibility index (Phi) is 8.44. The zero-order valence-electron chi connectivity index (χ0n) is 17.6. The molecular formula is C23H30N4O2S. The van der Waals surface area contributed by atoms with E-state index in [0.717, 1.165) is 30.9 Å². The van der Waals surface area contributed by atoms with E-state index in [1.807, 2.05) is 42.1 Å². The average molecular weight is 427 g/mol. The molecule has 1 fully saturated rings. The summed E-state index contributed by atoms with van der Waals surface area (Å²) < 4.78 is 5.62. The van der Waals surface area contributed by atoms with Gasteiger partial charge in [-0.1, -0.05) is 37.3 Å². The van der Waals surface area contributed by atoms with Crippen LogP contribution in [0.25, 0.3) is 0 Å². The van der Waals surface area contributed by atoms with Crippen LogP contribution in [0.2, 0.25) is 0 Å². The van der Waals surface area contributed by atoms with Gasteiger partial charge in [-0.05, 0) is 42.7 Å². The summed E-state index contributed by atoms with van der Waals surface area (Å²) in [5.41, 5.74) is 1.06. The number of carbonyl (C=O) groups excluding carboxylic acids is 1. The van der Waals surface area contributed by atoms with Crippen molar-refractivity contribution in [3.05, 3.63) is 60.2 Å². The van der Waals surface area contributed by atoms with Crippen molar-refractivity contribution in [2.75, 3.05) is 20.2 Å². The van der Waals surface area contributed by atoms with E-state index in [0.29, 0.717) is 23.6 Å². The maximum atomic E-state index is 11.8. The fourth-order valence-corrected chi connectivity index (χ4v) is 3.76. The summed E-state index contributed by atoms with van der Waals surface area (Å²) in [7, 11) is 1.77. The second-order valence-corrected chi connectivity index (χ2v) is 8.84. The molecular weight excluding hydrogens is 396 g/mol. The molecule has 0 aromatic heterocycles. The lowest BCUT2D eigenvalue weighted by molar-refractivity contribution is -0.123. The molecule has 3 N–H and O–H groups in total. The minimum atomic E-state index is -0.0619. The molecule has 3 rings (SSSR count). The Hall–Kier alpha value is -2.67. The zero-order chi connectivity index (χ0) is 21.2. The van der Waals surface area contributed by atoms with E-state index in [2.05, 4.69) is 52.1 Å². The van der Waals surface area contributed by atoms with Gasteiger partial charge in [-0.15, -0.1) is 11.8 Å². The topological polar surface area (TPSA) is 74.8 Å². The third kappa shape index (κ3) is 7.99. The first-order valence-electron chi connectivity index (χ1n) is 10.3. The monoisotopic (exact) mass is 426 g/mol. The molecule has 0 bridgehead atoms. The van der Waals surface area contributed by atoms with Gasteiger partial charge in [-0.3, -0.25) is 9.79 Å². The van der Waals surface area contributed by atoms with Gasteiger partial charge in [0, 0.05) is 36.3 Å². The first kappa shape index (κ1) is 22.0. The number of hydrogen-bond donors (Lipinski definition) is 3. The van der Waals surface area contributed by atoms with Crippen molar-refractivity contribution >= 4 is 23.6 Å². The van der Waals surface area contributed by atoms with Crippen molar-refractivity contribution in [2.24, 2.45) is 4.99 Å². The molecule has 0 radical (unpaired) electrons. The largest absolute Gasteiger partial charge is 0.484 e. The van der Waals surface area contributed by atoms with Crippen molar-refractivity contribution in [3.63, 3.8) is 0 Å². The van der Waals surface area contributed by atoms with Crippen molar-refractivity contribution in [1.82, 2.24) is 16.0 Å². The Morgan fingerprint density at radius 3 is 2.70 bits per heavy atom. The van der Waals surface area contributed by atoms with Gasteiger partial charge < -0.3 is 20.7 Å². The Morgan fingerprint density at radius 2 is 1.97 bits per heavy atom. The molecule has 0 aliphatic heterocycles. The maximum absolute atomic E-state index is 11.8. The van der Waals surface area contributed by atoms with Gasteiger partial charge in [0.15, 0.2) is 12.6 Å². The number of thioether (sulfide) groups is 1. The average Bonchev–Trinajstić information content (AvgIpc) is 3.57. The molecule has 160 valence electrons. The molecule has 1 aliphatic rings. The van der Waals surface area contributed by atoms with Crippen LogP contribution in [-0.2, 0) is 11.3 Å². The van der Waals surface area contributed by atoms with E-state index in [1.165, 1.54) is 4.90 Å². The number of nitrogens with zero attached hydrogens (tertiary/aromatic N) is 1. The Morgan fingerprint density at radius 1 is 1.17 bits per heavy atom. The first-order valence-corrected chi connectivity index (χ1v) is 11.2. The fourth-order valence-electron chi connectivity index (χ4n) is 2.81. The van der Waals surface area contributed by atoms with Crippen LogP contribution in [0.15, 0.2) is 64.5 Å². The minimum absolute atomic E-state index is 0.0492. The molecule has 30 heavy (non-hydrogen) atoms. The van der Waals surface area contributed by atoms with Gasteiger partial charge in [0.1, 0.15) is 5.75 Å². The number of carbonyl (C=O) groups is 1. The van der Waals surface area contributed by atoms with Crippen molar-refractivity contribution < 1.29 is 9.53 Å². The Labute approximate surface area is 182 Å².